The zero-order valence-corrected chi connectivity index (χ0v) is 17.4. The first kappa shape index (κ1) is 20.7. The maximum absolute atomic E-state index is 12.5. The maximum Gasteiger partial charge on any atom is 0.234 e. The summed E-state index contributed by atoms with van der Waals surface area (Å²) in [6.45, 7) is 5.34. The first-order valence-electron chi connectivity index (χ1n) is 9.76. The summed E-state index contributed by atoms with van der Waals surface area (Å²) in [6.07, 6.45) is 0. The second-order valence-corrected chi connectivity index (χ2v) is 7.07. The van der Waals surface area contributed by atoms with Crippen LogP contribution < -0.4 is 14.8 Å². The molecule has 0 aliphatic rings. The summed E-state index contributed by atoms with van der Waals surface area (Å²) in [6, 6.07) is 15.4. The van der Waals surface area contributed by atoms with E-state index < -0.39 is 0 Å². The third-order valence-corrected chi connectivity index (χ3v) is 4.64. The van der Waals surface area contributed by atoms with Crippen molar-refractivity contribution in [2.24, 2.45) is 0 Å². The molecule has 154 valence electrons. The summed E-state index contributed by atoms with van der Waals surface area (Å²) in [5.74, 6) is 2.11. The van der Waals surface area contributed by atoms with Crippen molar-refractivity contribution in [3.8, 4) is 11.5 Å². The minimum atomic E-state index is -0.200. The van der Waals surface area contributed by atoms with Gasteiger partial charge >= 0.3 is 0 Å². The smallest absolute Gasteiger partial charge is 0.234 e. The van der Waals surface area contributed by atoms with Crippen LogP contribution in [0.15, 0.2) is 52.9 Å². The van der Waals surface area contributed by atoms with Crippen molar-refractivity contribution in [2.75, 3.05) is 27.3 Å². The van der Waals surface area contributed by atoms with Gasteiger partial charge in [0.15, 0.2) is 11.5 Å². The van der Waals surface area contributed by atoms with E-state index in [9.17, 15) is 4.79 Å². The van der Waals surface area contributed by atoms with Gasteiger partial charge in [-0.05, 0) is 50.7 Å². The van der Waals surface area contributed by atoms with Crippen molar-refractivity contribution in [1.29, 1.82) is 0 Å². The highest BCUT2D eigenvalue weighted by molar-refractivity contribution is 5.80. The van der Waals surface area contributed by atoms with Crippen LogP contribution in [0.3, 0.4) is 0 Å². The summed E-state index contributed by atoms with van der Waals surface area (Å²) in [5.41, 5.74) is 1.87. The van der Waals surface area contributed by atoms with Crippen molar-refractivity contribution in [3.63, 3.8) is 0 Å². The average Bonchev–Trinajstić information content (AvgIpc) is 3.13. The minimum absolute atomic E-state index is 0.0571. The Morgan fingerprint density at radius 1 is 1.17 bits per heavy atom. The molecule has 1 N–H and O–H groups in total. The lowest BCUT2D eigenvalue weighted by Gasteiger charge is -2.19. The SMILES string of the molecule is CCOc1ccc(CN(C)CC(=O)N[C@@H](C)c2cc3ccccc3o2)cc1OC. The van der Waals surface area contributed by atoms with Crippen molar-refractivity contribution in [2.45, 2.75) is 26.4 Å². The van der Waals surface area contributed by atoms with Crippen LogP contribution in [0.2, 0.25) is 0 Å². The van der Waals surface area contributed by atoms with Crippen molar-refractivity contribution < 1.29 is 18.7 Å². The number of fused-ring (bicyclic) bond motifs is 1. The number of rotatable bonds is 9. The van der Waals surface area contributed by atoms with Gasteiger partial charge < -0.3 is 19.2 Å². The van der Waals surface area contributed by atoms with E-state index in [1.165, 1.54) is 0 Å². The van der Waals surface area contributed by atoms with Gasteiger partial charge in [-0.3, -0.25) is 9.69 Å². The quantitative estimate of drug-likeness (QED) is 0.589. The molecule has 6 nitrogen and oxygen atoms in total. The van der Waals surface area contributed by atoms with Crippen LogP contribution in [0.1, 0.15) is 31.2 Å². The zero-order valence-electron chi connectivity index (χ0n) is 17.4. The number of nitrogens with zero attached hydrogens (tertiary/aromatic N) is 1. The number of nitrogens with one attached hydrogen (secondary N) is 1. The predicted octanol–water partition coefficient (Wildman–Crippen LogP) is 4.15. The van der Waals surface area contributed by atoms with Gasteiger partial charge in [0.2, 0.25) is 5.91 Å². The first-order valence-corrected chi connectivity index (χ1v) is 9.76. The molecule has 0 aliphatic carbocycles. The molecule has 29 heavy (non-hydrogen) atoms. The number of para-hydroxylation sites is 1. The van der Waals surface area contributed by atoms with Gasteiger partial charge in [0, 0.05) is 11.9 Å². The number of ether oxygens (including phenoxy) is 2. The van der Waals surface area contributed by atoms with E-state index in [-0.39, 0.29) is 18.5 Å². The summed E-state index contributed by atoms with van der Waals surface area (Å²) in [5, 5.41) is 4.04. The molecule has 0 spiro atoms. The van der Waals surface area contributed by atoms with Gasteiger partial charge in [-0.25, -0.2) is 0 Å². The minimum Gasteiger partial charge on any atom is -0.493 e. The van der Waals surface area contributed by atoms with E-state index in [2.05, 4.69) is 5.32 Å². The summed E-state index contributed by atoms with van der Waals surface area (Å²) in [4.78, 5) is 14.4. The molecular formula is C23H28N2O4. The van der Waals surface area contributed by atoms with Crippen LogP contribution in [-0.2, 0) is 11.3 Å². The van der Waals surface area contributed by atoms with E-state index in [0.717, 1.165) is 28.0 Å². The van der Waals surface area contributed by atoms with E-state index in [1.54, 1.807) is 7.11 Å². The molecule has 0 fully saturated rings. The number of hydrogen-bond donors (Lipinski definition) is 1. The van der Waals surface area contributed by atoms with Crippen LogP contribution in [-0.4, -0.2) is 38.1 Å². The largest absolute Gasteiger partial charge is 0.493 e. The monoisotopic (exact) mass is 396 g/mol. The van der Waals surface area contributed by atoms with Crippen LogP contribution in [0, 0.1) is 0 Å². The van der Waals surface area contributed by atoms with Gasteiger partial charge in [0.05, 0.1) is 26.3 Å². The first-order chi connectivity index (χ1) is 14.0. The van der Waals surface area contributed by atoms with Crippen LogP contribution in [0.5, 0.6) is 11.5 Å². The normalized spacial score (nSPS) is 12.2. The molecule has 0 bridgehead atoms. The van der Waals surface area contributed by atoms with Crippen molar-refractivity contribution in [3.05, 3.63) is 59.9 Å². The highest BCUT2D eigenvalue weighted by Crippen LogP contribution is 2.28. The van der Waals surface area contributed by atoms with Crippen molar-refractivity contribution in [1.82, 2.24) is 10.2 Å². The molecule has 0 saturated carbocycles. The molecule has 1 aromatic heterocycles. The number of carbonyl (C=O) groups excluding carboxylic acids is 1. The van der Waals surface area contributed by atoms with Crippen molar-refractivity contribution >= 4 is 16.9 Å². The zero-order chi connectivity index (χ0) is 20.8. The highest BCUT2D eigenvalue weighted by Gasteiger charge is 2.16. The summed E-state index contributed by atoms with van der Waals surface area (Å²) >= 11 is 0. The number of hydrogen-bond acceptors (Lipinski definition) is 5. The molecule has 0 aliphatic heterocycles. The Balaban J connectivity index is 1.56. The Hall–Kier alpha value is -2.99. The van der Waals surface area contributed by atoms with E-state index in [0.29, 0.717) is 18.9 Å². The fourth-order valence-electron chi connectivity index (χ4n) is 3.27. The molecule has 0 saturated heterocycles. The Morgan fingerprint density at radius 2 is 1.97 bits per heavy atom. The second kappa shape index (κ2) is 9.47. The van der Waals surface area contributed by atoms with Crippen LogP contribution in [0.4, 0.5) is 0 Å². The lowest BCUT2D eigenvalue weighted by atomic mass is 10.2. The number of methoxy groups -OCH3 is 1. The molecule has 0 radical (unpaired) electrons. The average molecular weight is 396 g/mol. The third-order valence-electron chi connectivity index (χ3n) is 4.64. The molecule has 6 heteroatoms. The number of furan rings is 1. The van der Waals surface area contributed by atoms with Gasteiger partial charge in [-0.2, -0.15) is 0 Å². The van der Waals surface area contributed by atoms with Gasteiger partial charge in [0.25, 0.3) is 0 Å². The molecular weight excluding hydrogens is 368 g/mol. The van der Waals surface area contributed by atoms with Gasteiger partial charge in [-0.1, -0.05) is 24.3 Å². The molecule has 1 amide bonds. The molecule has 3 aromatic rings. The number of carbonyl (C=O) groups is 1. The van der Waals surface area contributed by atoms with Gasteiger partial charge in [-0.15, -0.1) is 0 Å². The second-order valence-electron chi connectivity index (χ2n) is 7.07. The number of benzene rings is 2. The lowest BCUT2D eigenvalue weighted by molar-refractivity contribution is -0.122. The molecule has 3 rings (SSSR count). The summed E-state index contributed by atoms with van der Waals surface area (Å²) in [7, 11) is 3.53. The number of likely N-dealkylation sites (N-methyl/N-ethyl adjacent to an activating group) is 1. The predicted molar refractivity (Wildman–Crippen MR) is 113 cm³/mol. The Morgan fingerprint density at radius 3 is 2.69 bits per heavy atom. The molecule has 1 atom stereocenters. The van der Waals surface area contributed by atoms with Crippen LogP contribution in [0.25, 0.3) is 11.0 Å². The van der Waals surface area contributed by atoms with E-state index >= 15 is 0 Å². The Kier molecular flexibility index (Phi) is 6.77. The fraction of sp³-hybridized carbons (Fsp3) is 0.348. The molecule has 2 aromatic carbocycles. The molecule has 0 unspecified atom stereocenters. The summed E-state index contributed by atoms with van der Waals surface area (Å²) < 4.78 is 16.8. The van der Waals surface area contributed by atoms with E-state index in [4.69, 9.17) is 13.9 Å². The third kappa shape index (κ3) is 5.29. The Labute approximate surface area is 171 Å². The fourth-order valence-corrected chi connectivity index (χ4v) is 3.27. The standard InChI is InChI=1S/C23H28N2O4/c1-5-28-20-11-10-17(12-22(20)27-4)14-25(3)15-23(26)24-16(2)21-13-18-8-6-7-9-19(18)29-21/h6-13,16H,5,14-15H2,1-4H3,(H,24,26)/t16-/m0/s1. The maximum atomic E-state index is 12.5. The molecule has 1 heterocycles. The highest BCUT2D eigenvalue weighted by atomic mass is 16.5. The lowest BCUT2D eigenvalue weighted by Crippen LogP contribution is -2.36. The Bertz CT molecular complexity index is 933. The van der Waals surface area contributed by atoms with E-state index in [1.807, 2.05) is 74.3 Å². The van der Waals surface area contributed by atoms with Crippen LogP contribution >= 0.6 is 0 Å². The number of amides is 1. The topological polar surface area (TPSA) is 63.9 Å². The van der Waals surface area contributed by atoms with Gasteiger partial charge in [0.1, 0.15) is 11.3 Å².